The number of aromatic nitrogens is 1. The molecule has 0 unspecified atom stereocenters. The monoisotopic (exact) mass is 288 g/mol. The Morgan fingerprint density at radius 2 is 2.11 bits per heavy atom. The molecule has 9 nitrogen and oxygen atoms in total. The molecule has 0 aromatic carbocycles. The molecule has 0 saturated carbocycles. The fourth-order valence-electron chi connectivity index (χ4n) is 1.23. The second-order valence-corrected chi connectivity index (χ2v) is 4.39. The first-order valence-electron chi connectivity index (χ1n) is 5.08. The Balaban J connectivity index is 2.58. The molecule has 1 aromatic heterocycles. The highest BCUT2D eigenvalue weighted by Gasteiger charge is 2.18. The lowest BCUT2D eigenvalue weighted by atomic mass is 10.4. The largest absolute Gasteiger partial charge is 0.480 e. The molecule has 0 atom stereocenters. The minimum Gasteiger partial charge on any atom is -0.480 e. The van der Waals surface area contributed by atoms with Crippen molar-refractivity contribution in [3.05, 3.63) is 20.7 Å². The van der Waals surface area contributed by atoms with E-state index in [2.05, 4.69) is 10.3 Å². The van der Waals surface area contributed by atoms with Gasteiger partial charge in [-0.25, -0.2) is 4.79 Å². The predicted molar refractivity (Wildman–Crippen MR) is 65.6 cm³/mol. The lowest BCUT2D eigenvalue weighted by molar-refractivity contribution is -0.137. The molecule has 104 valence electrons. The number of nitrogens with zero attached hydrogens (tertiary/aromatic N) is 1. The van der Waals surface area contributed by atoms with Gasteiger partial charge < -0.3 is 26.0 Å². The molecule has 5 N–H and O–H groups in total. The van der Waals surface area contributed by atoms with Crippen molar-refractivity contribution in [3.63, 3.8) is 0 Å². The van der Waals surface area contributed by atoms with Crippen LogP contribution in [0, 0.1) is 0 Å². The van der Waals surface area contributed by atoms with Crippen LogP contribution in [-0.2, 0) is 16.1 Å². The van der Waals surface area contributed by atoms with E-state index in [1.807, 2.05) is 0 Å². The number of aliphatic carboxylic acids is 1. The van der Waals surface area contributed by atoms with Crippen LogP contribution in [0.25, 0.3) is 0 Å². The number of rotatable bonds is 6. The fraction of sp³-hybridized carbons (Fsp3) is 0.333. The summed E-state index contributed by atoms with van der Waals surface area (Å²) in [5, 5.41) is 12.5. The number of nitrogens with two attached hydrogens (primary N) is 1. The van der Waals surface area contributed by atoms with Crippen LogP contribution in [0.2, 0.25) is 0 Å². The number of primary amides is 1. The number of hydrogen-bond acceptors (Lipinski definition) is 5. The van der Waals surface area contributed by atoms with Gasteiger partial charge in [0.05, 0.1) is 6.54 Å². The first kappa shape index (κ1) is 14.7. The molecule has 0 aliphatic heterocycles. The van der Waals surface area contributed by atoms with Crippen molar-refractivity contribution in [2.45, 2.75) is 6.54 Å². The number of nitrogens with one attached hydrogen (secondary N) is 2. The summed E-state index contributed by atoms with van der Waals surface area (Å²) in [5.74, 6) is -2.08. The molecule has 0 fully saturated rings. The number of carbonyl (C=O) groups excluding carboxylic acids is 2. The molecular formula is C9H12N4O5S. The zero-order chi connectivity index (χ0) is 14.4. The van der Waals surface area contributed by atoms with Crippen molar-refractivity contribution < 1.29 is 19.5 Å². The zero-order valence-corrected chi connectivity index (χ0v) is 10.5. The second kappa shape index (κ2) is 6.54. The van der Waals surface area contributed by atoms with Crippen molar-refractivity contribution in [2.24, 2.45) is 5.73 Å². The van der Waals surface area contributed by atoms with E-state index < -0.39 is 31.0 Å². The summed E-state index contributed by atoms with van der Waals surface area (Å²) in [4.78, 5) is 46.8. The van der Waals surface area contributed by atoms with Gasteiger partial charge in [0, 0.05) is 11.1 Å². The van der Waals surface area contributed by atoms with E-state index in [4.69, 9.17) is 10.8 Å². The third-order valence-electron chi connectivity index (χ3n) is 1.96. The van der Waals surface area contributed by atoms with Crippen molar-refractivity contribution in [1.29, 1.82) is 0 Å². The Kier molecular flexibility index (Phi) is 5.06. The minimum absolute atomic E-state index is 0.0203. The Morgan fingerprint density at radius 3 is 2.58 bits per heavy atom. The second-order valence-electron chi connectivity index (χ2n) is 3.55. The summed E-state index contributed by atoms with van der Waals surface area (Å²) in [6, 6.07) is -0.756. The molecule has 0 aliphatic carbocycles. The number of carboxylic acids is 1. The van der Waals surface area contributed by atoms with Crippen LogP contribution in [-0.4, -0.2) is 46.0 Å². The molecule has 10 heteroatoms. The van der Waals surface area contributed by atoms with E-state index in [1.54, 1.807) is 0 Å². The van der Waals surface area contributed by atoms with Crippen LogP contribution >= 0.6 is 11.3 Å². The number of H-pyrrole nitrogens is 1. The normalized spacial score (nSPS) is 9.89. The zero-order valence-electron chi connectivity index (χ0n) is 9.71. The van der Waals surface area contributed by atoms with Crippen molar-refractivity contribution in [1.82, 2.24) is 15.2 Å². The van der Waals surface area contributed by atoms with E-state index in [0.29, 0.717) is 5.69 Å². The smallest absolute Gasteiger partial charge is 0.323 e. The summed E-state index contributed by atoms with van der Waals surface area (Å²) < 4.78 is 0. The van der Waals surface area contributed by atoms with Crippen molar-refractivity contribution in [3.8, 4) is 0 Å². The van der Waals surface area contributed by atoms with Gasteiger partial charge in [-0.15, -0.1) is 0 Å². The van der Waals surface area contributed by atoms with Gasteiger partial charge in [0.15, 0.2) is 0 Å². The Bertz CT molecular complexity index is 521. The highest BCUT2D eigenvalue weighted by molar-refractivity contribution is 7.07. The van der Waals surface area contributed by atoms with E-state index in [-0.39, 0.29) is 11.4 Å². The Hall–Kier alpha value is -2.36. The molecule has 1 aromatic rings. The Morgan fingerprint density at radius 1 is 1.42 bits per heavy atom. The maximum absolute atomic E-state index is 11.6. The number of carboxylic acid groups (broad SMARTS) is 1. The van der Waals surface area contributed by atoms with Crippen molar-refractivity contribution in [2.75, 3.05) is 13.1 Å². The van der Waals surface area contributed by atoms with Gasteiger partial charge in [-0.3, -0.25) is 14.4 Å². The van der Waals surface area contributed by atoms with E-state index in [9.17, 15) is 19.2 Å². The van der Waals surface area contributed by atoms with Crippen LogP contribution in [0.4, 0.5) is 4.79 Å². The summed E-state index contributed by atoms with van der Waals surface area (Å²) in [7, 11) is 0. The third kappa shape index (κ3) is 5.21. The lowest BCUT2D eigenvalue weighted by Crippen LogP contribution is -2.46. The lowest BCUT2D eigenvalue weighted by Gasteiger charge is -2.19. The fourth-order valence-corrected chi connectivity index (χ4v) is 1.82. The van der Waals surface area contributed by atoms with Gasteiger partial charge in [0.1, 0.15) is 13.1 Å². The molecule has 0 spiro atoms. The number of carbonyl (C=O) groups is 3. The maximum atomic E-state index is 11.6. The summed E-state index contributed by atoms with van der Waals surface area (Å²) in [6.45, 7) is -1.13. The Labute approximate surface area is 111 Å². The molecule has 0 radical (unpaired) electrons. The molecule has 0 saturated heterocycles. The van der Waals surface area contributed by atoms with Gasteiger partial charge in [0.25, 0.3) is 0 Å². The highest BCUT2D eigenvalue weighted by Crippen LogP contribution is 1.96. The average molecular weight is 288 g/mol. The molecule has 1 heterocycles. The van der Waals surface area contributed by atoms with Crippen LogP contribution in [0.5, 0.6) is 0 Å². The average Bonchev–Trinajstić information content (AvgIpc) is 2.70. The van der Waals surface area contributed by atoms with Gasteiger partial charge in [-0.2, -0.15) is 0 Å². The van der Waals surface area contributed by atoms with Crippen LogP contribution in [0.3, 0.4) is 0 Å². The van der Waals surface area contributed by atoms with Gasteiger partial charge >= 0.3 is 16.9 Å². The molecule has 19 heavy (non-hydrogen) atoms. The van der Waals surface area contributed by atoms with Gasteiger partial charge in [-0.1, -0.05) is 11.3 Å². The molecule has 3 amide bonds. The quantitative estimate of drug-likeness (QED) is 0.504. The van der Waals surface area contributed by atoms with Crippen molar-refractivity contribution >= 4 is 29.2 Å². The number of thiazole rings is 1. The summed E-state index contributed by atoms with van der Waals surface area (Å²) >= 11 is 0.942. The predicted octanol–water partition coefficient (Wildman–Crippen LogP) is -1.48. The minimum atomic E-state index is -1.26. The standard InChI is InChI=1S/C9H12N4O5S/c10-6(14)2-13(3-7(15)16)8(17)11-1-5-4-19-9(18)12-5/h4H,1-3H2,(H2,10,14)(H,11,17)(H,12,18)(H,15,16). The molecule has 0 bridgehead atoms. The van der Waals surface area contributed by atoms with Gasteiger partial charge in [0.2, 0.25) is 5.91 Å². The highest BCUT2D eigenvalue weighted by atomic mass is 32.1. The SMILES string of the molecule is NC(=O)CN(CC(=O)O)C(=O)NCc1csc(=O)[nH]1. The van der Waals surface area contributed by atoms with Crippen LogP contribution in [0.15, 0.2) is 10.2 Å². The number of amides is 3. The van der Waals surface area contributed by atoms with Gasteiger partial charge in [-0.05, 0) is 0 Å². The van der Waals surface area contributed by atoms with Crippen LogP contribution in [0.1, 0.15) is 5.69 Å². The molecule has 0 aliphatic rings. The first-order chi connectivity index (χ1) is 8.88. The summed E-state index contributed by atoms with van der Waals surface area (Å²) in [6.07, 6.45) is 0. The molecular weight excluding hydrogens is 276 g/mol. The summed E-state index contributed by atoms with van der Waals surface area (Å²) in [5.41, 5.74) is 5.40. The van der Waals surface area contributed by atoms with E-state index >= 15 is 0 Å². The topological polar surface area (TPSA) is 146 Å². The van der Waals surface area contributed by atoms with Crippen LogP contribution < -0.4 is 15.9 Å². The van der Waals surface area contributed by atoms with E-state index in [0.717, 1.165) is 16.2 Å². The molecule has 1 rings (SSSR count). The number of hydrogen-bond donors (Lipinski definition) is 4. The maximum Gasteiger partial charge on any atom is 0.323 e. The van der Waals surface area contributed by atoms with E-state index in [1.165, 1.54) is 5.38 Å². The first-order valence-corrected chi connectivity index (χ1v) is 5.96. The number of urea groups is 1. The third-order valence-corrected chi connectivity index (χ3v) is 2.68. The number of aromatic amines is 1.